The highest BCUT2D eigenvalue weighted by Gasteiger charge is 2.18. The molecule has 1 saturated heterocycles. The third-order valence-corrected chi connectivity index (χ3v) is 3.69. The molecule has 0 aromatic rings. The Morgan fingerprint density at radius 2 is 2.06 bits per heavy atom. The number of nitrogens with zero attached hydrogens (tertiary/aromatic N) is 1. The van der Waals surface area contributed by atoms with Crippen LogP contribution in [0.1, 0.15) is 65.2 Å². The molecule has 1 rings (SSSR count). The van der Waals surface area contributed by atoms with Gasteiger partial charge in [0.05, 0.1) is 0 Å². The lowest BCUT2D eigenvalue weighted by atomic mass is 10.1. The molecule has 1 aliphatic heterocycles. The van der Waals surface area contributed by atoms with Crippen molar-refractivity contribution in [2.24, 2.45) is 0 Å². The van der Waals surface area contributed by atoms with Gasteiger partial charge in [-0.3, -0.25) is 0 Å². The maximum atomic E-state index is 10.9. The van der Waals surface area contributed by atoms with Crippen molar-refractivity contribution in [2.45, 2.75) is 71.3 Å². The number of hydrogen-bond acceptors (Lipinski definition) is 2. The highest BCUT2D eigenvalue weighted by molar-refractivity contribution is 5.75. The molecule has 1 unspecified atom stereocenters. The molecule has 0 aromatic heterocycles. The van der Waals surface area contributed by atoms with Crippen LogP contribution in [0.4, 0.5) is 0 Å². The molecule has 2 heteroatoms. The largest absolute Gasteiger partial charge is 0.300 e. The minimum atomic E-state index is 0.336. The minimum absolute atomic E-state index is 0.336. The second kappa shape index (κ2) is 7.83. The molecule has 0 aliphatic carbocycles. The van der Waals surface area contributed by atoms with Crippen LogP contribution in [-0.4, -0.2) is 29.8 Å². The van der Waals surface area contributed by atoms with Gasteiger partial charge in [-0.25, -0.2) is 0 Å². The fourth-order valence-corrected chi connectivity index (χ4v) is 2.68. The zero-order valence-electron chi connectivity index (χ0n) is 11.0. The van der Waals surface area contributed by atoms with E-state index in [0.29, 0.717) is 5.78 Å². The van der Waals surface area contributed by atoms with Gasteiger partial charge in [0.2, 0.25) is 0 Å². The first kappa shape index (κ1) is 13.7. The van der Waals surface area contributed by atoms with Gasteiger partial charge >= 0.3 is 0 Å². The fourth-order valence-electron chi connectivity index (χ4n) is 2.68. The lowest BCUT2D eigenvalue weighted by Crippen LogP contribution is -2.35. The van der Waals surface area contributed by atoms with Crippen LogP contribution < -0.4 is 0 Å². The normalized spacial score (nSPS) is 23.0. The Bertz CT molecular complexity index is 203. The minimum Gasteiger partial charge on any atom is -0.300 e. The Morgan fingerprint density at radius 1 is 1.25 bits per heavy atom. The van der Waals surface area contributed by atoms with Crippen LogP contribution in [0.5, 0.6) is 0 Å². The summed E-state index contributed by atoms with van der Waals surface area (Å²) in [5.41, 5.74) is 0. The van der Waals surface area contributed by atoms with E-state index in [9.17, 15) is 4.79 Å². The lowest BCUT2D eigenvalue weighted by molar-refractivity contribution is -0.117. The molecule has 0 N–H and O–H groups in total. The fraction of sp³-hybridized carbons (Fsp3) is 0.929. The van der Waals surface area contributed by atoms with Gasteiger partial charge in [0, 0.05) is 12.5 Å². The van der Waals surface area contributed by atoms with Crippen LogP contribution >= 0.6 is 0 Å². The lowest BCUT2D eigenvalue weighted by Gasteiger charge is -2.29. The van der Waals surface area contributed by atoms with Crippen LogP contribution in [0, 0.1) is 0 Å². The van der Waals surface area contributed by atoms with Crippen molar-refractivity contribution in [3.63, 3.8) is 0 Å². The van der Waals surface area contributed by atoms with E-state index in [1.165, 1.54) is 51.6 Å². The zero-order valence-corrected chi connectivity index (χ0v) is 11.0. The van der Waals surface area contributed by atoms with E-state index < -0.39 is 0 Å². The van der Waals surface area contributed by atoms with Crippen molar-refractivity contribution in [2.75, 3.05) is 13.1 Å². The van der Waals surface area contributed by atoms with Crippen molar-refractivity contribution < 1.29 is 4.79 Å². The molecule has 16 heavy (non-hydrogen) atoms. The highest BCUT2D eigenvalue weighted by Crippen LogP contribution is 2.19. The number of hydrogen-bond donors (Lipinski definition) is 0. The van der Waals surface area contributed by atoms with Gasteiger partial charge < -0.3 is 9.69 Å². The standard InChI is InChI=1S/C14H27NO/c1-3-14-10-5-4-7-11-15(14)12-8-6-9-13(2)16/h14H,3-12H2,1-2H3. The molecule has 1 fully saturated rings. The van der Waals surface area contributed by atoms with Crippen molar-refractivity contribution in [1.82, 2.24) is 4.90 Å². The molecule has 94 valence electrons. The number of unbranched alkanes of at least 4 members (excludes halogenated alkanes) is 1. The molecule has 0 amide bonds. The molecular formula is C14H27NO. The predicted molar refractivity (Wildman–Crippen MR) is 68.7 cm³/mol. The van der Waals surface area contributed by atoms with Crippen LogP contribution in [0.25, 0.3) is 0 Å². The summed E-state index contributed by atoms with van der Waals surface area (Å²) in [5.74, 6) is 0.336. The third-order valence-electron chi connectivity index (χ3n) is 3.69. The zero-order chi connectivity index (χ0) is 11.8. The molecule has 2 nitrogen and oxygen atoms in total. The van der Waals surface area contributed by atoms with E-state index in [-0.39, 0.29) is 0 Å². The first-order valence-electron chi connectivity index (χ1n) is 6.97. The maximum Gasteiger partial charge on any atom is 0.129 e. The summed E-state index contributed by atoms with van der Waals surface area (Å²) in [6.07, 6.45) is 9.87. The van der Waals surface area contributed by atoms with Crippen LogP contribution in [0.15, 0.2) is 0 Å². The first-order valence-corrected chi connectivity index (χ1v) is 6.97. The SMILES string of the molecule is CCC1CCCCCN1CCCCC(C)=O. The summed E-state index contributed by atoms with van der Waals surface area (Å²) in [5, 5.41) is 0. The van der Waals surface area contributed by atoms with Crippen molar-refractivity contribution in [1.29, 1.82) is 0 Å². The summed E-state index contributed by atoms with van der Waals surface area (Å²) in [4.78, 5) is 13.5. The molecule has 0 saturated carbocycles. The summed E-state index contributed by atoms with van der Waals surface area (Å²) in [6, 6.07) is 0.805. The number of carbonyl (C=O) groups is 1. The molecule has 1 heterocycles. The smallest absolute Gasteiger partial charge is 0.129 e. The van der Waals surface area contributed by atoms with E-state index in [2.05, 4.69) is 11.8 Å². The van der Waals surface area contributed by atoms with Gasteiger partial charge in [-0.05, 0) is 52.1 Å². The number of likely N-dealkylation sites (tertiary alicyclic amines) is 1. The Balaban J connectivity index is 2.23. The van der Waals surface area contributed by atoms with E-state index in [1.54, 1.807) is 6.92 Å². The maximum absolute atomic E-state index is 10.9. The van der Waals surface area contributed by atoms with Crippen molar-refractivity contribution in [3.05, 3.63) is 0 Å². The number of Topliss-reactive ketones (excluding diaryl/α,β-unsaturated/α-hetero) is 1. The quantitative estimate of drug-likeness (QED) is 0.646. The van der Waals surface area contributed by atoms with E-state index in [4.69, 9.17) is 0 Å². The van der Waals surface area contributed by atoms with Crippen LogP contribution in [-0.2, 0) is 4.79 Å². The second-order valence-corrected chi connectivity index (χ2v) is 5.11. The average molecular weight is 225 g/mol. The molecular weight excluding hydrogens is 198 g/mol. The third kappa shape index (κ3) is 5.11. The van der Waals surface area contributed by atoms with Gasteiger partial charge in [-0.1, -0.05) is 19.8 Å². The van der Waals surface area contributed by atoms with E-state index in [1.807, 2.05) is 0 Å². The monoisotopic (exact) mass is 225 g/mol. The summed E-state index contributed by atoms with van der Waals surface area (Å²) in [7, 11) is 0. The first-order chi connectivity index (χ1) is 7.74. The number of rotatable bonds is 6. The molecule has 1 aliphatic rings. The van der Waals surface area contributed by atoms with Crippen molar-refractivity contribution >= 4 is 5.78 Å². The van der Waals surface area contributed by atoms with Gasteiger partial charge in [-0.15, -0.1) is 0 Å². The Hall–Kier alpha value is -0.370. The summed E-state index contributed by atoms with van der Waals surface area (Å²) < 4.78 is 0. The highest BCUT2D eigenvalue weighted by atomic mass is 16.1. The van der Waals surface area contributed by atoms with E-state index in [0.717, 1.165) is 18.9 Å². The van der Waals surface area contributed by atoms with Crippen molar-refractivity contribution in [3.8, 4) is 0 Å². The van der Waals surface area contributed by atoms with E-state index >= 15 is 0 Å². The Morgan fingerprint density at radius 3 is 2.75 bits per heavy atom. The number of carbonyl (C=O) groups excluding carboxylic acids is 1. The molecule has 1 atom stereocenters. The molecule has 0 aromatic carbocycles. The Labute approximate surface area is 100 Å². The topological polar surface area (TPSA) is 20.3 Å². The summed E-state index contributed by atoms with van der Waals surface area (Å²) >= 11 is 0. The second-order valence-electron chi connectivity index (χ2n) is 5.11. The van der Waals surface area contributed by atoms with Gasteiger partial charge in [0.25, 0.3) is 0 Å². The van der Waals surface area contributed by atoms with Crippen LogP contribution in [0.3, 0.4) is 0 Å². The van der Waals surface area contributed by atoms with Crippen LogP contribution in [0.2, 0.25) is 0 Å². The summed E-state index contributed by atoms with van der Waals surface area (Å²) in [6.45, 7) is 6.48. The molecule has 0 radical (unpaired) electrons. The van der Waals surface area contributed by atoms with Gasteiger partial charge in [0.15, 0.2) is 0 Å². The Kier molecular flexibility index (Phi) is 6.70. The number of ketones is 1. The predicted octanol–water partition coefficient (Wildman–Crippen LogP) is 3.40. The van der Waals surface area contributed by atoms with Gasteiger partial charge in [0.1, 0.15) is 5.78 Å². The van der Waals surface area contributed by atoms with Gasteiger partial charge in [-0.2, -0.15) is 0 Å². The molecule has 0 spiro atoms. The average Bonchev–Trinajstić information content (AvgIpc) is 2.48. The molecule has 0 bridgehead atoms.